The molecule has 0 heterocycles. The largest absolute Gasteiger partial charge is 0.497 e. The zero-order valence-electron chi connectivity index (χ0n) is 11.9. The maximum atomic E-state index is 11.3. The third kappa shape index (κ3) is 3.86. The SMILES string of the molecule is COc1ccc(C(C)(C)CNC(=O)CN)c(OC)c1. The predicted octanol–water partition coefficient (Wildman–Crippen LogP) is 1.06. The Morgan fingerprint density at radius 3 is 2.53 bits per heavy atom. The van der Waals surface area contributed by atoms with E-state index in [2.05, 4.69) is 5.32 Å². The van der Waals surface area contributed by atoms with Crippen LogP contribution in [0.4, 0.5) is 0 Å². The minimum atomic E-state index is -0.261. The van der Waals surface area contributed by atoms with Crippen molar-refractivity contribution in [2.75, 3.05) is 27.3 Å². The standard InChI is InChI=1S/C14H22N2O3/c1-14(2,9-16-13(17)8-15)11-6-5-10(18-3)7-12(11)19-4/h5-7H,8-9,15H2,1-4H3,(H,16,17). The van der Waals surface area contributed by atoms with E-state index in [0.717, 1.165) is 17.1 Å². The monoisotopic (exact) mass is 266 g/mol. The third-order valence-electron chi connectivity index (χ3n) is 3.05. The van der Waals surface area contributed by atoms with Crippen LogP contribution in [0.25, 0.3) is 0 Å². The fourth-order valence-corrected chi connectivity index (χ4v) is 1.84. The molecule has 0 atom stereocenters. The number of nitrogens with two attached hydrogens (primary N) is 1. The quantitative estimate of drug-likeness (QED) is 0.807. The Morgan fingerprint density at radius 2 is 2.00 bits per heavy atom. The summed E-state index contributed by atoms with van der Waals surface area (Å²) in [5, 5.41) is 2.80. The molecular formula is C14H22N2O3. The second-order valence-corrected chi connectivity index (χ2v) is 4.93. The average Bonchev–Trinajstić information content (AvgIpc) is 2.43. The van der Waals surface area contributed by atoms with Crippen molar-refractivity contribution in [3.8, 4) is 11.5 Å². The lowest BCUT2D eigenvalue weighted by atomic mass is 9.83. The van der Waals surface area contributed by atoms with Gasteiger partial charge in [-0.25, -0.2) is 0 Å². The van der Waals surface area contributed by atoms with Gasteiger partial charge in [-0.1, -0.05) is 19.9 Å². The fourth-order valence-electron chi connectivity index (χ4n) is 1.84. The van der Waals surface area contributed by atoms with Gasteiger partial charge in [-0.15, -0.1) is 0 Å². The van der Waals surface area contributed by atoms with Gasteiger partial charge in [0.1, 0.15) is 11.5 Å². The van der Waals surface area contributed by atoms with Gasteiger partial charge in [0.15, 0.2) is 0 Å². The molecule has 5 heteroatoms. The second kappa shape index (κ2) is 6.43. The highest BCUT2D eigenvalue weighted by Crippen LogP contribution is 2.33. The first kappa shape index (κ1) is 15.3. The van der Waals surface area contributed by atoms with Crippen LogP contribution in [0.1, 0.15) is 19.4 Å². The highest BCUT2D eigenvalue weighted by molar-refractivity contribution is 5.77. The molecular weight excluding hydrogens is 244 g/mol. The van der Waals surface area contributed by atoms with Crippen LogP contribution in [0, 0.1) is 0 Å². The van der Waals surface area contributed by atoms with Crippen LogP contribution in [0.3, 0.4) is 0 Å². The fraction of sp³-hybridized carbons (Fsp3) is 0.500. The molecule has 19 heavy (non-hydrogen) atoms. The van der Waals surface area contributed by atoms with E-state index in [1.54, 1.807) is 14.2 Å². The van der Waals surface area contributed by atoms with E-state index in [0.29, 0.717) is 6.54 Å². The molecule has 106 valence electrons. The summed E-state index contributed by atoms with van der Waals surface area (Å²) in [6.07, 6.45) is 0. The Hall–Kier alpha value is -1.75. The van der Waals surface area contributed by atoms with Crippen LogP contribution in [0.2, 0.25) is 0 Å². The van der Waals surface area contributed by atoms with E-state index in [1.165, 1.54) is 0 Å². The Morgan fingerprint density at radius 1 is 1.32 bits per heavy atom. The van der Waals surface area contributed by atoms with Crippen molar-refractivity contribution < 1.29 is 14.3 Å². The lowest BCUT2D eigenvalue weighted by Crippen LogP contribution is -2.39. The van der Waals surface area contributed by atoms with Crippen molar-refractivity contribution in [2.24, 2.45) is 5.73 Å². The molecule has 0 aliphatic rings. The number of amides is 1. The summed E-state index contributed by atoms with van der Waals surface area (Å²) >= 11 is 0. The highest BCUT2D eigenvalue weighted by Gasteiger charge is 2.25. The van der Waals surface area contributed by atoms with Crippen LogP contribution in [0.5, 0.6) is 11.5 Å². The zero-order valence-corrected chi connectivity index (χ0v) is 11.9. The molecule has 1 amide bonds. The zero-order chi connectivity index (χ0) is 14.5. The molecule has 5 nitrogen and oxygen atoms in total. The maximum absolute atomic E-state index is 11.3. The van der Waals surface area contributed by atoms with Crippen molar-refractivity contribution in [1.82, 2.24) is 5.32 Å². The number of methoxy groups -OCH3 is 2. The minimum absolute atomic E-state index is 0.00414. The molecule has 1 aromatic rings. The Kier molecular flexibility index (Phi) is 5.18. The second-order valence-electron chi connectivity index (χ2n) is 4.93. The summed E-state index contributed by atoms with van der Waals surface area (Å²) in [5.41, 5.74) is 6.03. The van der Waals surface area contributed by atoms with Gasteiger partial charge in [0.2, 0.25) is 5.91 Å². The first-order valence-electron chi connectivity index (χ1n) is 6.14. The predicted molar refractivity (Wildman–Crippen MR) is 74.6 cm³/mol. The number of hydrogen-bond acceptors (Lipinski definition) is 4. The molecule has 0 saturated carbocycles. The molecule has 1 aromatic carbocycles. The maximum Gasteiger partial charge on any atom is 0.233 e. The molecule has 0 aliphatic heterocycles. The number of carbonyl (C=O) groups excluding carboxylic acids is 1. The van der Waals surface area contributed by atoms with Crippen LogP contribution in [0.15, 0.2) is 18.2 Å². The van der Waals surface area contributed by atoms with Crippen LogP contribution < -0.4 is 20.5 Å². The molecule has 0 aliphatic carbocycles. The van der Waals surface area contributed by atoms with Crippen LogP contribution in [-0.2, 0) is 10.2 Å². The topological polar surface area (TPSA) is 73.6 Å². The van der Waals surface area contributed by atoms with Crippen molar-refractivity contribution >= 4 is 5.91 Å². The van der Waals surface area contributed by atoms with E-state index < -0.39 is 0 Å². The summed E-state index contributed by atoms with van der Waals surface area (Å²) in [7, 11) is 3.23. The molecule has 0 fully saturated rings. The molecule has 0 saturated heterocycles. The van der Waals surface area contributed by atoms with Gasteiger partial charge < -0.3 is 20.5 Å². The number of hydrogen-bond donors (Lipinski definition) is 2. The van der Waals surface area contributed by atoms with Gasteiger partial charge >= 0.3 is 0 Å². The first-order valence-corrected chi connectivity index (χ1v) is 6.14. The summed E-state index contributed by atoms with van der Waals surface area (Å²) in [6.45, 7) is 4.56. The summed E-state index contributed by atoms with van der Waals surface area (Å²) in [4.78, 5) is 11.3. The minimum Gasteiger partial charge on any atom is -0.497 e. The summed E-state index contributed by atoms with van der Waals surface area (Å²) in [6, 6.07) is 5.67. The number of nitrogens with one attached hydrogen (secondary N) is 1. The van der Waals surface area contributed by atoms with Gasteiger partial charge in [0.25, 0.3) is 0 Å². The van der Waals surface area contributed by atoms with E-state index in [4.69, 9.17) is 15.2 Å². The Bertz CT molecular complexity index is 444. The lowest BCUT2D eigenvalue weighted by Gasteiger charge is -2.27. The van der Waals surface area contributed by atoms with E-state index in [1.807, 2.05) is 32.0 Å². The smallest absolute Gasteiger partial charge is 0.233 e. The van der Waals surface area contributed by atoms with Gasteiger partial charge in [0.05, 0.1) is 20.8 Å². The highest BCUT2D eigenvalue weighted by atomic mass is 16.5. The van der Waals surface area contributed by atoms with E-state index in [-0.39, 0.29) is 17.9 Å². The van der Waals surface area contributed by atoms with Gasteiger partial charge in [-0.05, 0) is 6.07 Å². The summed E-state index contributed by atoms with van der Waals surface area (Å²) < 4.78 is 10.6. The number of rotatable bonds is 6. The van der Waals surface area contributed by atoms with Gasteiger partial charge in [0, 0.05) is 23.6 Å². The molecule has 0 aromatic heterocycles. The molecule has 0 radical (unpaired) electrons. The van der Waals surface area contributed by atoms with Crippen LogP contribution >= 0.6 is 0 Å². The summed E-state index contributed by atoms with van der Waals surface area (Å²) in [5.74, 6) is 1.31. The number of benzene rings is 1. The van der Waals surface area contributed by atoms with Crippen LogP contribution in [-0.4, -0.2) is 33.2 Å². The van der Waals surface area contributed by atoms with Crippen molar-refractivity contribution in [3.05, 3.63) is 23.8 Å². The number of ether oxygens (including phenoxy) is 2. The molecule has 0 spiro atoms. The van der Waals surface area contributed by atoms with Gasteiger partial charge in [-0.3, -0.25) is 4.79 Å². The van der Waals surface area contributed by atoms with E-state index in [9.17, 15) is 4.79 Å². The van der Waals surface area contributed by atoms with Gasteiger partial charge in [-0.2, -0.15) is 0 Å². The molecule has 1 rings (SSSR count). The van der Waals surface area contributed by atoms with Crippen molar-refractivity contribution in [3.63, 3.8) is 0 Å². The molecule has 3 N–H and O–H groups in total. The normalized spacial score (nSPS) is 11.0. The number of carbonyl (C=O) groups is 1. The van der Waals surface area contributed by atoms with E-state index >= 15 is 0 Å². The Labute approximate surface area is 114 Å². The molecule has 0 bridgehead atoms. The first-order chi connectivity index (χ1) is 8.94. The van der Waals surface area contributed by atoms with Crippen molar-refractivity contribution in [2.45, 2.75) is 19.3 Å². The van der Waals surface area contributed by atoms with Crippen molar-refractivity contribution in [1.29, 1.82) is 0 Å². The third-order valence-corrected chi connectivity index (χ3v) is 3.05. The average molecular weight is 266 g/mol. The lowest BCUT2D eigenvalue weighted by molar-refractivity contribution is -0.119. The molecule has 0 unspecified atom stereocenters. The Balaban J connectivity index is 2.96.